The highest BCUT2D eigenvalue weighted by Crippen LogP contribution is 2.38. The lowest BCUT2D eigenvalue weighted by Crippen LogP contribution is -2.37. The third-order valence-corrected chi connectivity index (χ3v) is 7.74. The van der Waals surface area contributed by atoms with Crippen LogP contribution < -0.4 is 9.24 Å². The largest absolute Gasteiger partial charge is 0.413 e. The number of fused-ring (bicyclic) bond motifs is 3. The number of sulfonamides is 1. The molecule has 0 aliphatic carbocycles. The molecule has 33 heavy (non-hydrogen) atoms. The van der Waals surface area contributed by atoms with Crippen LogP contribution in [0.4, 0.5) is 5.69 Å². The monoisotopic (exact) mass is 496 g/mol. The van der Waals surface area contributed by atoms with Crippen LogP contribution in [0.3, 0.4) is 0 Å². The van der Waals surface area contributed by atoms with Crippen LogP contribution in [0.1, 0.15) is 10.4 Å². The number of benzene rings is 3. The molecule has 0 bridgehead atoms. The summed E-state index contributed by atoms with van der Waals surface area (Å²) in [7, 11) is -4.37. The van der Waals surface area contributed by atoms with Gasteiger partial charge >= 0.3 is 4.94 Å². The van der Waals surface area contributed by atoms with E-state index in [1.54, 1.807) is 24.3 Å². The maximum atomic E-state index is 13.8. The quantitative estimate of drug-likeness (QED) is 0.343. The van der Waals surface area contributed by atoms with E-state index < -0.39 is 20.9 Å². The maximum Gasteiger partial charge on any atom is 0.396 e. The van der Waals surface area contributed by atoms with Crippen LogP contribution in [0.5, 0.6) is 0 Å². The van der Waals surface area contributed by atoms with Crippen LogP contribution in [-0.2, 0) is 10.0 Å². The second-order valence-electron chi connectivity index (χ2n) is 6.99. The van der Waals surface area contributed by atoms with E-state index in [2.05, 4.69) is 4.98 Å². The zero-order valence-corrected chi connectivity index (χ0v) is 19.0. The van der Waals surface area contributed by atoms with Gasteiger partial charge in [0.1, 0.15) is 0 Å². The predicted octanol–water partition coefficient (Wildman–Crippen LogP) is 5.09. The molecule has 7 nitrogen and oxygen atoms in total. The number of nitrogens with zero attached hydrogens (tertiary/aromatic N) is 2. The molecule has 0 fully saturated rings. The van der Waals surface area contributed by atoms with Crippen LogP contribution in [0.15, 0.2) is 93.2 Å². The van der Waals surface area contributed by atoms with Crippen LogP contribution in [0.25, 0.3) is 21.1 Å². The Hall–Kier alpha value is -3.53. The van der Waals surface area contributed by atoms with Gasteiger partial charge in [-0.05, 0) is 42.5 Å². The number of hydrogen-bond donors (Lipinski definition) is 0. The number of halogens is 1. The van der Waals surface area contributed by atoms with Crippen molar-refractivity contribution >= 4 is 65.6 Å². The molecule has 3 aromatic carbocycles. The van der Waals surface area contributed by atoms with E-state index in [9.17, 15) is 18.0 Å². The number of amides is 1. The summed E-state index contributed by atoms with van der Waals surface area (Å²) in [5.41, 5.74) is 0.573. The third kappa shape index (κ3) is 3.70. The Morgan fingerprint density at radius 3 is 2.33 bits per heavy atom. The van der Waals surface area contributed by atoms with E-state index in [0.717, 1.165) is 15.6 Å². The molecule has 10 heteroatoms. The number of rotatable bonds is 4. The number of carbonyl (C=O) groups is 1. The molecular weight excluding hydrogens is 484 g/mol. The molecule has 0 aliphatic heterocycles. The lowest BCUT2D eigenvalue weighted by Gasteiger charge is -2.24. The van der Waals surface area contributed by atoms with Crippen molar-refractivity contribution in [2.45, 2.75) is 4.90 Å². The minimum absolute atomic E-state index is 0.104. The highest BCUT2D eigenvalue weighted by molar-refractivity contribution is 7.93. The van der Waals surface area contributed by atoms with Gasteiger partial charge in [-0.2, -0.15) is 4.31 Å². The average molecular weight is 497 g/mol. The van der Waals surface area contributed by atoms with Gasteiger partial charge < -0.3 is 4.42 Å². The van der Waals surface area contributed by atoms with E-state index in [-0.39, 0.29) is 16.1 Å². The Morgan fingerprint density at radius 1 is 0.970 bits per heavy atom. The van der Waals surface area contributed by atoms with Gasteiger partial charge in [0, 0.05) is 33.8 Å². The first-order valence-electron chi connectivity index (χ1n) is 9.57. The molecule has 164 valence electrons. The van der Waals surface area contributed by atoms with Gasteiger partial charge in [0.15, 0.2) is 5.58 Å². The van der Waals surface area contributed by atoms with Gasteiger partial charge in [-0.25, -0.2) is 13.2 Å². The molecule has 2 aromatic heterocycles. The molecule has 0 unspecified atom stereocenters. The minimum Gasteiger partial charge on any atom is -0.413 e. The van der Waals surface area contributed by atoms with Crippen LogP contribution in [-0.4, -0.2) is 19.3 Å². The summed E-state index contributed by atoms with van der Waals surface area (Å²) in [6.07, 6.45) is 2.81. The Balaban J connectivity index is 1.85. The molecule has 0 aliphatic rings. The fourth-order valence-corrected chi connectivity index (χ4v) is 5.79. The molecular formula is C23H13ClN2O5S2. The van der Waals surface area contributed by atoms with Crippen molar-refractivity contribution in [1.29, 1.82) is 0 Å². The molecule has 2 heterocycles. The van der Waals surface area contributed by atoms with Crippen molar-refractivity contribution in [3.05, 3.63) is 99.4 Å². The fraction of sp³-hybridized carbons (Fsp3) is 0. The number of aromatic nitrogens is 1. The summed E-state index contributed by atoms with van der Waals surface area (Å²) in [6.45, 7) is 0. The van der Waals surface area contributed by atoms with Crippen LogP contribution in [0.2, 0.25) is 5.02 Å². The van der Waals surface area contributed by atoms with Crippen molar-refractivity contribution in [3.8, 4) is 0 Å². The third-order valence-electron chi connectivity index (χ3n) is 5.00. The standard InChI is InChI=1S/C23H13ClN2O5S2/c24-15-5-7-16(8-6-15)33(29,30)26(22(27)14-9-11-25-12-10-14)19-13-20-21(31-23(28)32-20)18-4-2-1-3-17(18)19/h1-13H. The Bertz CT molecular complexity index is 1680. The lowest BCUT2D eigenvalue weighted by molar-refractivity contribution is 0.101. The fourth-order valence-electron chi connectivity index (χ4n) is 3.52. The average Bonchev–Trinajstić information content (AvgIpc) is 3.20. The zero-order valence-electron chi connectivity index (χ0n) is 16.6. The van der Waals surface area contributed by atoms with Gasteiger partial charge in [0.05, 0.1) is 15.3 Å². The molecule has 0 spiro atoms. The molecule has 0 radical (unpaired) electrons. The van der Waals surface area contributed by atoms with E-state index in [4.69, 9.17) is 16.0 Å². The van der Waals surface area contributed by atoms with Crippen molar-refractivity contribution < 1.29 is 17.6 Å². The minimum atomic E-state index is -4.37. The maximum absolute atomic E-state index is 13.8. The first-order valence-corrected chi connectivity index (χ1v) is 12.2. The highest BCUT2D eigenvalue weighted by Gasteiger charge is 2.34. The number of anilines is 1. The van der Waals surface area contributed by atoms with Crippen molar-refractivity contribution in [2.24, 2.45) is 0 Å². The van der Waals surface area contributed by atoms with E-state index in [1.165, 1.54) is 54.9 Å². The highest BCUT2D eigenvalue weighted by atomic mass is 35.5. The summed E-state index contributed by atoms with van der Waals surface area (Å²) >= 11 is 6.77. The number of pyridine rings is 1. The van der Waals surface area contributed by atoms with Gasteiger partial charge in [-0.1, -0.05) is 47.2 Å². The number of carbonyl (C=O) groups excluding carboxylic acids is 1. The summed E-state index contributed by atoms with van der Waals surface area (Å²) in [4.78, 5) is 28.8. The lowest BCUT2D eigenvalue weighted by atomic mass is 10.1. The molecule has 0 saturated heterocycles. The second kappa shape index (κ2) is 8.11. The Kier molecular flexibility index (Phi) is 5.24. The van der Waals surface area contributed by atoms with Crippen LogP contribution >= 0.6 is 22.9 Å². The van der Waals surface area contributed by atoms with Crippen molar-refractivity contribution in [2.75, 3.05) is 4.31 Å². The molecule has 5 rings (SSSR count). The molecule has 0 saturated carbocycles. The van der Waals surface area contributed by atoms with Crippen molar-refractivity contribution in [1.82, 2.24) is 4.98 Å². The zero-order chi connectivity index (χ0) is 23.2. The van der Waals surface area contributed by atoms with Crippen molar-refractivity contribution in [3.63, 3.8) is 0 Å². The first-order chi connectivity index (χ1) is 15.9. The molecule has 0 atom stereocenters. The van der Waals surface area contributed by atoms with E-state index >= 15 is 0 Å². The van der Waals surface area contributed by atoms with E-state index in [1.807, 2.05) is 0 Å². The summed E-state index contributed by atoms with van der Waals surface area (Å²) in [5.74, 6) is -0.771. The van der Waals surface area contributed by atoms with Gasteiger partial charge in [-0.3, -0.25) is 9.78 Å². The first kappa shape index (κ1) is 21.3. The summed E-state index contributed by atoms with van der Waals surface area (Å²) in [5, 5.41) is 1.31. The van der Waals surface area contributed by atoms with Gasteiger partial charge in [-0.15, -0.1) is 0 Å². The SMILES string of the molecule is O=C(c1ccncc1)N(c1cc2sc(=O)oc2c2ccccc12)S(=O)(=O)c1ccc(Cl)cc1. The Morgan fingerprint density at radius 2 is 1.64 bits per heavy atom. The summed E-state index contributed by atoms with van der Waals surface area (Å²) < 4.78 is 34.1. The smallest absolute Gasteiger partial charge is 0.396 e. The predicted molar refractivity (Wildman–Crippen MR) is 128 cm³/mol. The van der Waals surface area contributed by atoms with Crippen LogP contribution in [0, 0.1) is 0 Å². The topological polar surface area (TPSA) is 97.6 Å². The normalized spacial score (nSPS) is 11.7. The molecule has 0 N–H and O–H groups in total. The Labute approximate surface area is 196 Å². The van der Waals surface area contributed by atoms with Gasteiger partial charge in [0.25, 0.3) is 15.9 Å². The molecule has 5 aromatic rings. The summed E-state index contributed by atoms with van der Waals surface area (Å²) in [6, 6.07) is 16.7. The van der Waals surface area contributed by atoms with E-state index in [0.29, 0.717) is 26.1 Å². The second-order valence-corrected chi connectivity index (χ2v) is 10.2. The molecule has 1 amide bonds. The van der Waals surface area contributed by atoms with Gasteiger partial charge in [0.2, 0.25) is 0 Å². The number of hydrogen-bond acceptors (Lipinski definition) is 7.